The van der Waals surface area contributed by atoms with Crippen LogP contribution in [0.2, 0.25) is 0 Å². The second-order valence-corrected chi connectivity index (χ2v) is 7.65. The van der Waals surface area contributed by atoms with Crippen LogP contribution in [0.15, 0.2) is 12.3 Å². The highest BCUT2D eigenvalue weighted by atomic mass is 19.4. The van der Waals surface area contributed by atoms with E-state index in [0.29, 0.717) is 5.56 Å². The van der Waals surface area contributed by atoms with Crippen LogP contribution in [-0.2, 0) is 6.18 Å². The predicted molar refractivity (Wildman–Crippen MR) is 91.4 cm³/mol. The van der Waals surface area contributed by atoms with E-state index in [1.54, 1.807) is 6.92 Å². The van der Waals surface area contributed by atoms with Gasteiger partial charge in [0.1, 0.15) is 6.07 Å². The molecule has 0 N–H and O–H groups in total. The van der Waals surface area contributed by atoms with Crippen molar-refractivity contribution in [2.24, 2.45) is 11.8 Å². The van der Waals surface area contributed by atoms with Crippen LogP contribution in [0.4, 0.5) is 13.2 Å². The average molecular weight is 375 g/mol. The molecule has 2 unspecified atom stereocenters. The first-order chi connectivity index (χ1) is 12.9. The summed E-state index contributed by atoms with van der Waals surface area (Å²) in [5.41, 5.74) is -0.316. The molecule has 142 valence electrons. The molecule has 0 radical (unpaired) electrons. The SMILES string of the molecule is Cc1cc(C#N)nnc1-c1cn(C2CCC3CCC3CC2)nc1C(F)(F)F. The van der Waals surface area contributed by atoms with E-state index in [9.17, 15) is 13.2 Å². The zero-order valence-corrected chi connectivity index (χ0v) is 15.0. The molecule has 5 nitrogen and oxygen atoms in total. The number of alkyl halides is 3. The van der Waals surface area contributed by atoms with Crippen molar-refractivity contribution in [3.8, 4) is 17.3 Å². The Bertz CT molecular complexity index is 882. The lowest BCUT2D eigenvalue weighted by atomic mass is 9.71. The molecule has 2 aromatic rings. The van der Waals surface area contributed by atoms with E-state index in [4.69, 9.17) is 5.26 Å². The van der Waals surface area contributed by atoms with Gasteiger partial charge in [-0.05, 0) is 68.9 Å². The Morgan fingerprint density at radius 3 is 2.22 bits per heavy atom. The van der Waals surface area contributed by atoms with Crippen molar-refractivity contribution in [1.29, 1.82) is 5.26 Å². The molecule has 0 saturated heterocycles. The lowest BCUT2D eigenvalue weighted by Crippen LogP contribution is -2.23. The standard InChI is InChI=1S/C19H20F3N5/c1-11-8-14(9-23)24-25-17(11)16-10-27(26-18(16)19(20,21)22)15-6-4-12-2-3-13(12)5-7-15/h8,10,12-13,15H,2-7H2,1H3. The molecule has 0 spiro atoms. The van der Waals surface area contributed by atoms with Crippen molar-refractivity contribution in [1.82, 2.24) is 20.0 Å². The zero-order valence-electron chi connectivity index (χ0n) is 15.0. The number of nitriles is 1. The van der Waals surface area contributed by atoms with Crippen LogP contribution < -0.4 is 0 Å². The Hall–Kier alpha value is -2.43. The Morgan fingerprint density at radius 1 is 1.07 bits per heavy atom. The monoisotopic (exact) mass is 375 g/mol. The maximum absolute atomic E-state index is 13.6. The highest BCUT2D eigenvalue weighted by Crippen LogP contribution is 2.46. The van der Waals surface area contributed by atoms with Crippen LogP contribution in [0.25, 0.3) is 11.3 Å². The lowest BCUT2D eigenvalue weighted by Gasteiger charge is -2.34. The molecule has 27 heavy (non-hydrogen) atoms. The molecule has 2 atom stereocenters. The molecule has 0 aromatic carbocycles. The number of aromatic nitrogens is 4. The predicted octanol–water partition coefficient (Wildman–Crippen LogP) is 4.68. The van der Waals surface area contributed by atoms with Crippen molar-refractivity contribution in [3.05, 3.63) is 29.2 Å². The molecular weight excluding hydrogens is 355 g/mol. The highest BCUT2D eigenvalue weighted by Gasteiger charge is 2.40. The molecule has 2 aromatic heterocycles. The van der Waals surface area contributed by atoms with Gasteiger partial charge in [0, 0.05) is 6.20 Å². The van der Waals surface area contributed by atoms with Gasteiger partial charge in [-0.15, -0.1) is 10.2 Å². The third-order valence-electron chi connectivity index (χ3n) is 6.05. The van der Waals surface area contributed by atoms with Gasteiger partial charge in [0.15, 0.2) is 11.4 Å². The van der Waals surface area contributed by atoms with Gasteiger partial charge >= 0.3 is 6.18 Å². The van der Waals surface area contributed by atoms with E-state index in [1.165, 1.54) is 29.8 Å². The highest BCUT2D eigenvalue weighted by molar-refractivity contribution is 5.65. The summed E-state index contributed by atoms with van der Waals surface area (Å²) in [6.45, 7) is 1.63. The van der Waals surface area contributed by atoms with Gasteiger partial charge in [0.05, 0.1) is 17.3 Å². The van der Waals surface area contributed by atoms with Gasteiger partial charge in [-0.3, -0.25) is 4.68 Å². The third-order valence-corrected chi connectivity index (χ3v) is 6.05. The molecule has 2 saturated carbocycles. The summed E-state index contributed by atoms with van der Waals surface area (Å²) in [5.74, 6) is 1.47. The lowest BCUT2D eigenvalue weighted by molar-refractivity contribution is -0.141. The minimum atomic E-state index is -4.58. The first-order valence-electron chi connectivity index (χ1n) is 9.28. The first kappa shape index (κ1) is 18.0. The summed E-state index contributed by atoms with van der Waals surface area (Å²) < 4.78 is 42.4. The van der Waals surface area contributed by atoms with Crippen molar-refractivity contribution >= 4 is 0 Å². The average Bonchev–Trinajstić information content (AvgIpc) is 2.98. The van der Waals surface area contributed by atoms with E-state index < -0.39 is 11.9 Å². The van der Waals surface area contributed by atoms with E-state index in [1.807, 2.05) is 6.07 Å². The van der Waals surface area contributed by atoms with E-state index >= 15 is 0 Å². The maximum atomic E-state index is 13.6. The molecule has 0 aliphatic heterocycles. The molecule has 2 aliphatic rings. The Morgan fingerprint density at radius 2 is 1.70 bits per heavy atom. The van der Waals surface area contributed by atoms with Crippen molar-refractivity contribution in [2.75, 3.05) is 0 Å². The fourth-order valence-electron chi connectivity index (χ4n) is 4.39. The Kier molecular flexibility index (Phi) is 4.41. The molecule has 0 bridgehead atoms. The molecule has 2 aliphatic carbocycles. The topological polar surface area (TPSA) is 67.4 Å². The van der Waals surface area contributed by atoms with Crippen molar-refractivity contribution < 1.29 is 13.2 Å². The second-order valence-electron chi connectivity index (χ2n) is 7.65. The minimum Gasteiger partial charge on any atom is -0.268 e. The van der Waals surface area contributed by atoms with Gasteiger partial charge in [0.2, 0.25) is 0 Å². The van der Waals surface area contributed by atoms with Crippen LogP contribution in [0.1, 0.15) is 61.5 Å². The van der Waals surface area contributed by atoms with Gasteiger partial charge in [-0.25, -0.2) is 0 Å². The fraction of sp³-hybridized carbons (Fsp3) is 0.579. The van der Waals surface area contributed by atoms with E-state index in [0.717, 1.165) is 37.5 Å². The molecule has 2 fully saturated rings. The number of nitrogens with zero attached hydrogens (tertiary/aromatic N) is 5. The van der Waals surface area contributed by atoms with Crippen molar-refractivity contribution in [3.63, 3.8) is 0 Å². The molecule has 2 heterocycles. The Balaban J connectivity index is 1.72. The number of hydrogen-bond donors (Lipinski definition) is 0. The summed E-state index contributed by atoms with van der Waals surface area (Å²) in [6.07, 6.45) is 3.21. The quantitative estimate of drug-likeness (QED) is 0.764. The summed E-state index contributed by atoms with van der Waals surface area (Å²) >= 11 is 0. The molecule has 8 heteroatoms. The largest absolute Gasteiger partial charge is 0.435 e. The normalized spacial score (nSPS) is 25.2. The Labute approximate surface area is 155 Å². The number of aryl methyl sites for hydroxylation is 1. The minimum absolute atomic E-state index is 0.0166. The summed E-state index contributed by atoms with van der Waals surface area (Å²) in [4.78, 5) is 0. The maximum Gasteiger partial charge on any atom is 0.435 e. The number of fused-ring (bicyclic) bond motifs is 1. The number of hydrogen-bond acceptors (Lipinski definition) is 4. The van der Waals surface area contributed by atoms with E-state index in [-0.39, 0.29) is 23.0 Å². The fourth-order valence-corrected chi connectivity index (χ4v) is 4.39. The third kappa shape index (κ3) is 3.31. The second kappa shape index (κ2) is 6.63. The first-order valence-corrected chi connectivity index (χ1v) is 9.28. The summed E-state index contributed by atoms with van der Waals surface area (Å²) in [7, 11) is 0. The zero-order chi connectivity index (χ0) is 19.2. The van der Waals surface area contributed by atoms with Gasteiger partial charge in [0.25, 0.3) is 0 Å². The summed E-state index contributed by atoms with van der Waals surface area (Å²) in [6, 6.07) is 3.28. The van der Waals surface area contributed by atoms with Crippen molar-refractivity contribution in [2.45, 2.75) is 57.7 Å². The molecular formula is C19H20F3N5. The molecule has 4 rings (SSSR count). The van der Waals surface area contributed by atoms with Crippen LogP contribution >= 0.6 is 0 Å². The van der Waals surface area contributed by atoms with Gasteiger partial charge in [-0.1, -0.05) is 0 Å². The van der Waals surface area contributed by atoms with Crippen LogP contribution in [0.5, 0.6) is 0 Å². The number of rotatable bonds is 2. The van der Waals surface area contributed by atoms with Crippen LogP contribution in [-0.4, -0.2) is 20.0 Å². The van der Waals surface area contributed by atoms with Gasteiger partial charge < -0.3 is 0 Å². The van der Waals surface area contributed by atoms with E-state index in [2.05, 4.69) is 15.3 Å². The summed E-state index contributed by atoms with van der Waals surface area (Å²) in [5, 5.41) is 20.4. The van der Waals surface area contributed by atoms with Crippen LogP contribution in [0, 0.1) is 30.1 Å². The van der Waals surface area contributed by atoms with Gasteiger partial charge in [-0.2, -0.15) is 23.5 Å². The molecule has 0 amide bonds. The number of halogens is 3. The smallest absolute Gasteiger partial charge is 0.268 e. The van der Waals surface area contributed by atoms with Crippen LogP contribution in [0.3, 0.4) is 0 Å².